The first kappa shape index (κ1) is 16.9. The molecule has 4 rings (SSSR count). The van der Waals surface area contributed by atoms with Gasteiger partial charge >= 0.3 is 0 Å². The third-order valence-electron chi connectivity index (χ3n) is 4.79. The average Bonchev–Trinajstić information content (AvgIpc) is 3.20. The summed E-state index contributed by atoms with van der Waals surface area (Å²) in [4.78, 5) is 13.6. The molecule has 7 nitrogen and oxygen atoms in total. The molecule has 1 fully saturated rings. The molecule has 0 spiro atoms. The number of hydrogen-bond acceptors (Lipinski definition) is 5. The number of amides is 1. The molecule has 0 unspecified atom stereocenters. The average molecular weight is 356 g/mol. The molecule has 0 radical (unpaired) electrons. The summed E-state index contributed by atoms with van der Waals surface area (Å²) < 4.78 is 13.2. The van der Waals surface area contributed by atoms with Gasteiger partial charge in [0.25, 0.3) is 0 Å². The summed E-state index contributed by atoms with van der Waals surface area (Å²) in [5.74, 6) is 1.60. The molecule has 26 heavy (non-hydrogen) atoms. The van der Waals surface area contributed by atoms with Gasteiger partial charge in [-0.25, -0.2) is 0 Å². The van der Waals surface area contributed by atoms with Crippen LogP contribution in [0, 0.1) is 0 Å². The molecular formula is C19H24N4O3. The topological polar surface area (TPSA) is 68.6 Å². The number of aryl methyl sites for hydroxylation is 1. The van der Waals surface area contributed by atoms with Gasteiger partial charge in [0.05, 0.1) is 5.69 Å². The second-order valence-electron chi connectivity index (χ2n) is 6.96. The van der Waals surface area contributed by atoms with Crippen LogP contribution < -0.4 is 14.8 Å². The highest BCUT2D eigenvalue weighted by molar-refractivity contribution is 5.73. The molecule has 7 heteroatoms. The van der Waals surface area contributed by atoms with Crippen LogP contribution in [0.25, 0.3) is 11.3 Å². The van der Waals surface area contributed by atoms with Crippen LogP contribution in [0.15, 0.2) is 24.4 Å². The number of hydrogen-bond donors (Lipinski definition) is 1. The van der Waals surface area contributed by atoms with Gasteiger partial charge in [0.15, 0.2) is 11.5 Å². The van der Waals surface area contributed by atoms with E-state index < -0.39 is 0 Å². The highest BCUT2D eigenvalue weighted by Gasteiger charge is 2.25. The standard InChI is InChI=1S/C19H24N4O3/c1-13(24)20-16-5-6-23(12-16)11-15-10-22(2)21-19(15)14-3-4-17-18(9-14)26-8-7-25-17/h3-4,9-10,16H,5-8,11-12H2,1-2H3,(H,20,24)/t16-/m1/s1. The van der Waals surface area contributed by atoms with Crippen molar-refractivity contribution in [3.8, 4) is 22.8 Å². The van der Waals surface area contributed by atoms with Crippen molar-refractivity contribution in [3.05, 3.63) is 30.0 Å². The maximum absolute atomic E-state index is 11.3. The van der Waals surface area contributed by atoms with Crippen molar-refractivity contribution in [2.75, 3.05) is 26.3 Å². The second-order valence-corrected chi connectivity index (χ2v) is 6.96. The number of carbonyl (C=O) groups is 1. The number of likely N-dealkylation sites (tertiary alicyclic amines) is 1. The van der Waals surface area contributed by atoms with E-state index in [1.807, 2.05) is 29.9 Å². The van der Waals surface area contributed by atoms with E-state index in [1.54, 1.807) is 6.92 Å². The third-order valence-corrected chi connectivity index (χ3v) is 4.79. The molecule has 1 saturated heterocycles. The number of rotatable bonds is 4. The fourth-order valence-electron chi connectivity index (χ4n) is 3.71. The smallest absolute Gasteiger partial charge is 0.217 e. The first-order chi connectivity index (χ1) is 12.6. The van der Waals surface area contributed by atoms with Gasteiger partial charge in [-0.2, -0.15) is 5.10 Å². The number of fused-ring (bicyclic) bond motifs is 1. The lowest BCUT2D eigenvalue weighted by molar-refractivity contribution is -0.119. The Balaban J connectivity index is 1.53. The van der Waals surface area contributed by atoms with E-state index >= 15 is 0 Å². The lowest BCUT2D eigenvalue weighted by atomic mass is 10.1. The fraction of sp³-hybridized carbons (Fsp3) is 0.474. The molecule has 0 saturated carbocycles. The van der Waals surface area contributed by atoms with E-state index in [0.29, 0.717) is 13.2 Å². The zero-order valence-corrected chi connectivity index (χ0v) is 15.2. The summed E-state index contributed by atoms with van der Waals surface area (Å²) >= 11 is 0. The van der Waals surface area contributed by atoms with Crippen molar-refractivity contribution in [2.24, 2.45) is 7.05 Å². The van der Waals surface area contributed by atoms with Gasteiger partial charge in [0, 0.05) is 57.0 Å². The van der Waals surface area contributed by atoms with Crippen LogP contribution in [0.4, 0.5) is 0 Å². The van der Waals surface area contributed by atoms with Crippen LogP contribution in [-0.4, -0.2) is 52.9 Å². The minimum absolute atomic E-state index is 0.0372. The zero-order valence-electron chi connectivity index (χ0n) is 15.2. The second kappa shape index (κ2) is 6.99. The van der Waals surface area contributed by atoms with E-state index in [0.717, 1.165) is 48.8 Å². The number of nitrogens with one attached hydrogen (secondary N) is 1. The van der Waals surface area contributed by atoms with Crippen LogP contribution >= 0.6 is 0 Å². The van der Waals surface area contributed by atoms with Crippen molar-refractivity contribution < 1.29 is 14.3 Å². The SMILES string of the molecule is CC(=O)N[C@@H]1CCN(Cc2cn(C)nc2-c2ccc3c(c2)OCCO3)C1. The van der Waals surface area contributed by atoms with Gasteiger partial charge in [0.2, 0.25) is 5.91 Å². The van der Waals surface area contributed by atoms with Crippen LogP contribution in [0.2, 0.25) is 0 Å². The van der Waals surface area contributed by atoms with E-state index in [4.69, 9.17) is 9.47 Å². The van der Waals surface area contributed by atoms with Crippen LogP contribution in [0.3, 0.4) is 0 Å². The molecule has 1 atom stereocenters. The summed E-state index contributed by atoms with van der Waals surface area (Å²) in [7, 11) is 1.94. The van der Waals surface area contributed by atoms with Crippen molar-refractivity contribution in [1.29, 1.82) is 0 Å². The molecule has 3 heterocycles. The van der Waals surface area contributed by atoms with Gasteiger partial charge in [-0.15, -0.1) is 0 Å². The normalized spacial score (nSPS) is 19.5. The lowest BCUT2D eigenvalue weighted by Gasteiger charge is -2.19. The predicted octanol–water partition coefficient (Wildman–Crippen LogP) is 1.57. The van der Waals surface area contributed by atoms with Gasteiger partial charge < -0.3 is 14.8 Å². The van der Waals surface area contributed by atoms with Crippen molar-refractivity contribution in [2.45, 2.75) is 25.9 Å². The molecule has 2 aromatic rings. The molecule has 1 aromatic heterocycles. The van der Waals surface area contributed by atoms with Crippen molar-refractivity contribution >= 4 is 5.91 Å². The molecule has 1 amide bonds. The van der Waals surface area contributed by atoms with Crippen molar-refractivity contribution in [1.82, 2.24) is 20.0 Å². The molecule has 2 aliphatic rings. The molecule has 1 aromatic carbocycles. The molecular weight excluding hydrogens is 332 g/mol. The predicted molar refractivity (Wildman–Crippen MR) is 97.1 cm³/mol. The van der Waals surface area contributed by atoms with E-state index in [9.17, 15) is 4.79 Å². The number of carbonyl (C=O) groups excluding carboxylic acids is 1. The Labute approximate surface area is 152 Å². The highest BCUT2D eigenvalue weighted by atomic mass is 16.6. The van der Waals surface area contributed by atoms with Gasteiger partial charge in [-0.3, -0.25) is 14.4 Å². The number of ether oxygens (including phenoxy) is 2. The number of benzene rings is 1. The molecule has 1 N–H and O–H groups in total. The van der Waals surface area contributed by atoms with Gasteiger partial charge in [0.1, 0.15) is 13.2 Å². The Kier molecular flexibility index (Phi) is 4.55. The summed E-state index contributed by atoms with van der Waals surface area (Å²) in [6, 6.07) is 6.22. The number of nitrogens with zero attached hydrogens (tertiary/aromatic N) is 3. The fourth-order valence-corrected chi connectivity index (χ4v) is 3.71. The quantitative estimate of drug-likeness (QED) is 0.901. The van der Waals surface area contributed by atoms with Crippen LogP contribution in [0.5, 0.6) is 11.5 Å². The van der Waals surface area contributed by atoms with E-state index in [1.165, 1.54) is 5.56 Å². The Morgan fingerprint density at radius 2 is 2.12 bits per heavy atom. The summed E-state index contributed by atoms with van der Waals surface area (Å²) in [5, 5.41) is 7.67. The summed E-state index contributed by atoms with van der Waals surface area (Å²) in [5.41, 5.74) is 3.17. The maximum Gasteiger partial charge on any atom is 0.217 e. The van der Waals surface area contributed by atoms with E-state index in [2.05, 4.69) is 21.5 Å². The minimum atomic E-state index is 0.0372. The summed E-state index contributed by atoms with van der Waals surface area (Å²) in [6.07, 6.45) is 3.05. The van der Waals surface area contributed by atoms with E-state index in [-0.39, 0.29) is 11.9 Å². The van der Waals surface area contributed by atoms with Gasteiger partial charge in [-0.05, 0) is 24.6 Å². The molecule has 138 valence electrons. The Morgan fingerprint density at radius 1 is 1.31 bits per heavy atom. The lowest BCUT2D eigenvalue weighted by Crippen LogP contribution is -2.35. The van der Waals surface area contributed by atoms with Crippen LogP contribution in [0.1, 0.15) is 18.9 Å². The zero-order chi connectivity index (χ0) is 18.1. The summed E-state index contributed by atoms with van der Waals surface area (Å²) in [6.45, 7) is 5.39. The largest absolute Gasteiger partial charge is 0.486 e. The first-order valence-electron chi connectivity index (χ1n) is 9.00. The first-order valence-corrected chi connectivity index (χ1v) is 9.00. The maximum atomic E-state index is 11.3. The van der Waals surface area contributed by atoms with Crippen molar-refractivity contribution in [3.63, 3.8) is 0 Å². The number of aromatic nitrogens is 2. The molecule has 0 aliphatic carbocycles. The van der Waals surface area contributed by atoms with Gasteiger partial charge in [-0.1, -0.05) is 0 Å². The highest BCUT2D eigenvalue weighted by Crippen LogP contribution is 2.35. The molecule has 2 aliphatic heterocycles. The Morgan fingerprint density at radius 3 is 2.92 bits per heavy atom. The molecule has 0 bridgehead atoms. The monoisotopic (exact) mass is 356 g/mol. The van der Waals surface area contributed by atoms with Crippen LogP contribution in [-0.2, 0) is 18.4 Å². The Bertz CT molecular complexity index is 817. The Hall–Kier alpha value is -2.54. The minimum Gasteiger partial charge on any atom is -0.486 e. The third kappa shape index (κ3) is 3.53.